The molecule has 0 aromatic heterocycles. The van der Waals surface area contributed by atoms with Gasteiger partial charge in [-0.2, -0.15) is 5.26 Å². The Morgan fingerprint density at radius 2 is 1.96 bits per heavy atom. The van der Waals surface area contributed by atoms with Gasteiger partial charge in [-0.1, -0.05) is 11.6 Å². The van der Waals surface area contributed by atoms with Crippen LogP contribution in [0.2, 0.25) is 5.02 Å². The molecule has 0 saturated carbocycles. The molecule has 7 nitrogen and oxygen atoms in total. The molecule has 25 heavy (non-hydrogen) atoms. The first kappa shape index (κ1) is 18.6. The van der Waals surface area contributed by atoms with Gasteiger partial charge in [-0.15, -0.1) is 0 Å². The van der Waals surface area contributed by atoms with Crippen LogP contribution >= 0.6 is 11.6 Å². The number of ether oxygens (including phenoxy) is 1. The molecule has 0 spiro atoms. The summed E-state index contributed by atoms with van der Waals surface area (Å²) in [7, 11) is -2.54. The molecular formula is C16H14ClN3O4S. The van der Waals surface area contributed by atoms with Crippen molar-refractivity contribution in [1.82, 2.24) is 0 Å². The topological polar surface area (TPSA) is 108 Å². The van der Waals surface area contributed by atoms with Gasteiger partial charge in [0.25, 0.3) is 10.0 Å². The zero-order valence-corrected chi connectivity index (χ0v) is 14.9. The van der Waals surface area contributed by atoms with E-state index in [0.29, 0.717) is 5.75 Å². The maximum absolute atomic E-state index is 12.5. The number of methoxy groups -OCH3 is 1. The lowest BCUT2D eigenvalue weighted by atomic mass is 10.2. The number of sulfonamides is 1. The van der Waals surface area contributed by atoms with Crippen molar-refractivity contribution in [2.24, 2.45) is 0 Å². The Hall–Kier alpha value is -2.76. The molecule has 0 fully saturated rings. The highest BCUT2D eigenvalue weighted by molar-refractivity contribution is 7.92. The van der Waals surface area contributed by atoms with Crippen LogP contribution in [0.4, 0.5) is 11.4 Å². The van der Waals surface area contributed by atoms with Crippen molar-refractivity contribution >= 4 is 38.9 Å². The SMILES string of the molecule is COc1ccc(S(=O)(=O)Nc2ccc(Cl)c(C#N)c2)cc1NC(C)=O. The lowest BCUT2D eigenvalue weighted by Gasteiger charge is -2.13. The lowest BCUT2D eigenvalue weighted by Crippen LogP contribution is -2.14. The number of hydrogen-bond donors (Lipinski definition) is 2. The van der Waals surface area contributed by atoms with E-state index in [9.17, 15) is 13.2 Å². The van der Waals surface area contributed by atoms with Gasteiger partial charge in [-0.25, -0.2) is 8.42 Å². The van der Waals surface area contributed by atoms with Gasteiger partial charge in [0.1, 0.15) is 11.8 Å². The number of benzene rings is 2. The van der Waals surface area contributed by atoms with Gasteiger partial charge in [0.2, 0.25) is 5.91 Å². The fourth-order valence-corrected chi connectivity index (χ4v) is 3.27. The van der Waals surface area contributed by atoms with Gasteiger partial charge in [0.05, 0.1) is 34.0 Å². The Kier molecular flexibility index (Phi) is 5.51. The van der Waals surface area contributed by atoms with Crippen LogP contribution in [0.3, 0.4) is 0 Å². The summed E-state index contributed by atoms with van der Waals surface area (Å²) < 4.78 is 32.5. The van der Waals surface area contributed by atoms with Crippen LogP contribution in [0, 0.1) is 11.3 Å². The zero-order chi connectivity index (χ0) is 18.6. The van der Waals surface area contributed by atoms with Gasteiger partial charge < -0.3 is 10.1 Å². The van der Waals surface area contributed by atoms with E-state index in [0.717, 1.165) is 0 Å². The third kappa shape index (κ3) is 4.41. The molecule has 2 rings (SSSR count). The first-order chi connectivity index (χ1) is 11.8. The smallest absolute Gasteiger partial charge is 0.261 e. The Morgan fingerprint density at radius 3 is 2.56 bits per heavy atom. The van der Waals surface area contributed by atoms with E-state index < -0.39 is 10.0 Å². The zero-order valence-electron chi connectivity index (χ0n) is 13.3. The third-order valence-electron chi connectivity index (χ3n) is 3.13. The number of hydrogen-bond acceptors (Lipinski definition) is 5. The van der Waals surface area contributed by atoms with E-state index in [1.165, 1.54) is 50.4 Å². The molecule has 0 aliphatic heterocycles. The summed E-state index contributed by atoms with van der Waals surface area (Å²) in [5, 5.41) is 11.7. The molecule has 130 valence electrons. The van der Waals surface area contributed by atoms with Crippen LogP contribution in [0.1, 0.15) is 12.5 Å². The maximum Gasteiger partial charge on any atom is 0.261 e. The van der Waals surface area contributed by atoms with E-state index in [1.54, 1.807) is 0 Å². The van der Waals surface area contributed by atoms with Crippen molar-refractivity contribution in [2.45, 2.75) is 11.8 Å². The monoisotopic (exact) mass is 379 g/mol. The number of amides is 1. The Balaban J connectivity index is 2.39. The molecule has 0 aliphatic rings. The highest BCUT2D eigenvalue weighted by Crippen LogP contribution is 2.29. The van der Waals surface area contributed by atoms with E-state index in [1.807, 2.05) is 6.07 Å². The normalized spacial score (nSPS) is 10.6. The summed E-state index contributed by atoms with van der Waals surface area (Å²) in [6.45, 7) is 1.30. The van der Waals surface area contributed by atoms with E-state index >= 15 is 0 Å². The van der Waals surface area contributed by atoms with Crippen molar-refractivity contribution in [1.29, 1.82) is 5.26 Å². The number of carbonyl (C=O) groups is 1. The number of anilines is 2. The van der Waals surface area contributed by atoms with Gasteiger partial charge in [0.15, 0.2) is 0 Å². The molecule has 0 atom stereocenters. The van der Waals surface area contributed by atoms with Gasteiger partial charge >= 0.3 is 0 Å². The summed E-state index contributed by atoms with van der Waals surface area (Å²) in [6.07, 6.45) is 0. The maximum atomic E-state index is 12.5. The van der Waals surface area contributed by atoms with Gasteiger partial charge in [-0.05, 0) is 36.4 Å². The molecular weight excluding hydrogens is 366 g/mol. The van der Waals surface area contributed by atoms with Crippen molar-refractivity contribution < 1.29 is 17.9 Å². The Morgan fingerprint density at radius 1 is 1.24 bits per heavy atom. The van der Waals surface area contributed by atoms with E-state index in [2.05, 4.69) is 10.0 Å². The minimum atomic E-state index is -3.94. The molecule has 0 heterocycles. The molecule has 0 unspecified atom stereocenters. The molecule has 9 heteroatoms. The van der Waals surface area contributed by atoms with E-state index in [-0.39, 0.29) is 32.8 Å². The molecule has 2 N–H and O–H groups in total. The first-order valence-electron chi connectivity index (χ1n) is 6.95. The molecule has 2 aromatic carbocycles. The summed E-state index contributed by atoms with van der Waals surface area (Å²) in [5.41, 5.74) is 0.570. The van der Waals surface area contributed by atoms with E-state index in [4.69, 9.17) is 21.6 Å². The van der Waals surface area contributed by atoms with Crippen molar-refractivity contribution in [3.05, 3.63) is 47.0 Å². The largest absolute Gasteiger partial charge is 0.495 e. The lowest BCUT2D eigenvalue weighted by molar-refractivity contribution is -0.114. The van der Waals surface area contributed by atoms with Crippen molar-refractivity contribution in [3.63, 3.8) is 0 Å². The number of halogens is 1. The predicted molar refractivity (Wildman–Crippen MR) is 94.3 cm³/mol. The molecule has 0 saturated heterocycles. The molecule has 0 aliphatic carbocycles. The second-order valence-corrected chi connectivity index (χ2v) is 7.04. The van der Waals surface area contributed by atoms with Crippen LogP contribution < -0.4 is 14.8 Å². The van der Waals surface area contributed by atoms with Crippen LogP contribution in [-0.4, -0.2) is 21.4 Å². The third-order valence-corrected chi connectivity index (χ3v) is 4.84. The average molecular weight is 380 g/mol. The fourth-order valence-electron chi connectivity index (χ4n) is 2.03. The predicted octanol–water partition coefficient (Wildman–Crippen LogP) is 2.98. The molecule has 2 aromatic rings. The van der Waals surface area contributed by atoms with Crippen LogP contribution in [-0.2, 0) is 14.8 Å². The number of rotatable bonds is 5. The average Bonchev–Trinajstić information content (AvgIpc) is 2.55. The van der Waals surface area contributed by atoms with Crippen molar-refractivity contribution in [3.8, 4) is 11.8 Å². The highest BCUT2D eigenvalue weighted by atomic mass is 35.5. The summed E-state index contributed by atoms with van der Waals surface area (Å²) in [5.74, 6) is -0.0374. The molecule has 0 bridgehead atoms. The summed E-state index contributed by atoms with van der Waals surface area (Å²) in [4.78, 5) is 11.2. The fraction of sp³-hybridized carbons (Fsp3) is 0.125. The standard InChI is InChI=1S/C16H14ClN3O4S/c1-10(21)19-15-8-13(4-6-16(15)24-2)25(22,23)20-12-3-5-14(17)11(7-12)9-18/h3-8,20H,1-2H3,(H,19,21). The molecule has 0 radical (unpaired) electrons. The summed E-state index contributed by atoms with van der Waals surface area (Å²) >= 11 is 5.83. The first-order valence-corrected chi connectivity index (χ1v) is 8.81. The van der Waals surface area contributed by atoms with Crippen LogP contribution in [0.25, 0.3) is 0 Å². The highest BCUT2D eigenvalue weighted by Gasteiger charge is 2.18. The Bertz CT molecular complexity index is 968. The van der Waals surface area contributed by atoms with Gasteiger partial charge in [0, 0.05) is 6.92 Å². The number of nitrogens with one attached hydrogen (secondary N) is 2. The number of nitriles is 1. The van der Waals surface area contributed by atoms with Crippen LogP contribution in [0.15, 0.2) is 41.3 Å². The second kappa shape index (κ2) is 7.42. The van der Waals surface area contributed by atoms with Crippen molar-refractivity contribution in [2.75, 3.05) is 17.1 Å². The van der Waals surface area contributed by atoms with Gasteiger partial charge in [-0.3, -0.25) is 9.52 Å². The second-order valence-electron chi connectivity index (χ2n) is 4.96. The quantitative estimate of drug-likeness (QED) is 0.830. The summed E-state index contributed by atoms with van der Waals surface area (Å²) in [6, 6.07) is 10.1. The number of carbonyl (C=O) groups excluding carboxylic acids is 1. The van der Waals surface area contributed by atoms with Crippen LogP contribution in [0.5, 0.6) is 5.75 Å². The minimum Gasteiger partial charge on any atom is -0.495 e. The molecule has 1 amide bonds. The minimum absolute atomic E-state index is 0.0782. The Labute approximate surface area is 150 Å². The number of nitrogens with zero attached hydrogens (tertiary/aromatic N) is 1.